The van der Waals surface area contributed by atoms with Crippen molar-refractivity contribution in [3.05, 3.63) is 42.5 Å². The predicted molar refractivity (Wildman–Crippen MR) is 171 cm³/mol. The molecule has 0 unspecified atom stereocenters. The van der Waals surface area contributed by atoms with E-state index in [9.17, 15) is 4.79 Å². The molecule has 4 heterocycles. The van der Waals surface area contributed by atoms with Crippen LogP contribution in [0.5, 0.6) is 0 Å². The maximum atomic E-state index is 12.5. The Morgan fingerprint density at radius 1 is 1.07 bits per heavy atom. The summed E-state index contributed by atoms with van der Waals surface area (Å²) >= 11 is 0. The number of hydrogen-bond donors (Lipinski definition) is 2. The lowest BCUT2D eigenvalue weighted by atomic mass is 9.87. The van der Waals surface area contributed by atoms with Crippen LogP contribution in [0.2, 0.25) is 0 Å². The number of ether oxygens (including phenoxy) is 3. The van der Waals surface area contributed by atoms with E-state index < -0.39 is 12.0 Å². The Labute approximate surface area is 260 Å². The van der Waals surface area contributed by atoms with Crippen LogP contribution < -0.4 is 15.5 Å². The van der Waals surface area contributed by atoms with Crippen LogP contribution in [0.3, 0.4) is 0 Å². The summed E-state index contributed by atoms with van der Waals surface area (Å²) in [6.45, 7) is 16.7. The number of benzene rings is 1. The van der Waals surface area contributed by atoms with Gasteiger partial charge in [-0.3, -0.25) is 9.47 Å². The van der Waals surface area contributed by atoms with Crippen molar-refractivity contribution >= 4 is 28.7 Å². The van der Waals surface area contributed by atoms with Crippen molar-refractivity contribution in [3.8, 4) is 0 Å². The lowest BCUT2D eigenvalue weighted by molar-refractivity contribution is -0.198. The Morgan fingerprint density at radius 2 is 1.77 bits per heavy atom. The van der Waals surface area contributed by atoms with Gasteiger partial charge < -0.3 is 29.7 Å². The van der Waals surface area contributed by atoms with Gasteiger partial charge in [-0.15, -0.1) is 0 Å². The molecule has 2 saturated heterocycles. The summed E-state index contributed by atoms with van der Waals surface area (Å²) in [6, 6.07) is 8.06. The minimum absolute atomic E-state index is 0.0698. The molecular formula is C32H48N8O4. The number of anilines is 2. The quantitative estimate of drug-likeness (QED) is 0.320. The van der Waals surface area contributed by atoms with E-state index in [2.05, 4.69) is 77.2 Å². The van der Waals surface area contributed by atoms with Crippen LogP contribution in [-0.2, 0) is 19.6 Å². The van der Waals surface area contributed by atoms with Crippen molar-refractivity contribution in [2.75, 3.05) is 43.9 Å². The van der Waals surface area contributed by atoms with Gasteiger partial charge in [-0.2, -0.15) is 0 Å². The number of carbonyl (C=O) groups excluding carboxylic acids is 1. The minimum atomic E-state index is -0.733. The normalized spacial score (nSPS) is 23.0. The van der Waals surface area contributed by atoms with E-state index in [1.807, 2.05) is 49.5 Å². The summed E-state index contributed by atoms with van der Waals surface area (Å²) in [5.41, 5.74) is 3.47. The standard InChI is InChI=1S/C32H48N8O4/c1-20(2)39(16-10-15-33-30(41)37-22-13-11-21(12-14-22)31(3,4)5)17-23-25-26(44-32(6,7)43-25)29(42-23)40-19-36-24-27(38(8)9)34-18-35-28(24)40/h11-14,18-20,23,25-26,29H,10,15-17H2,1-9H3,(H2,33,37,41)/t23-,25-,26-,29-/m1/s1. The van der Waals surface area contributed by atoms with Crippen molar-refractivity contribution in [1.82, 2.24) is 29.7 Å². The summed E-state index contributed by atoms with van der Waals surface area (Å²) in [4.78, 5) is 30.4. The molecule has 0 spiro atoms. The van der Waals surface area contributed by atoms with Gasteiger partial charge in [0.25, 0.3) is 0 Å². The molecule has 0 radical (unpaired) electrons. The molecule has 240 valence electrons. The molecular weight excluding hydrogens is 560 g/mol. The largest absolute Gasteiger partial charge is 0.361 e. The molecule has 0 bridgehead atoms. The Morgan fingerprint density at radius 3 is 2.43 bits per heavy atom. The van der Waals surface area contributed by atoms with Crippen molar-refractivity contribution in [2.24, 2.45) is 0 Å². The van der Waals surface area contributed by atoms with Crippen LogP contribution in [-0.4, -0.2) is 94.3 Å². The van der Waals surface area contributed by atoms with E-state index in [1.165, 1.54) is 5.56 Å². The van der Waals surface area contributed by atoms with E-state index in [1.54, 1.807) is 12.7 Å². The van der Waals surface area contributed by atoms with Gasteiger partial charge in [-0.05, 0) is 57.2 Å². The molecule has 2 N–H and O–H groups in total. The van der Waals surface area contributed by atoms with Crippen LogP contribution in [0.1, 0.15) is 66.7 Å². The highest BCUT2D eigenvalue weighted by Gasteiger charge is 2.56. The van der Waals surface area contributed by atoms with Gasteiger partial charge in [0.05, 0.1) is 6.33 Å². The minimum Gasteiger partial charge on any atom is -0.361 e. The summed E-state index contributed by atoms with van der Waals surface area (Å²) in [7, 11) is 3.87. The molecule has 2 amide bonds. The molecule has 2 aliphatic heterocycles. The first kappa shape index (κ1) is 32.1. The predicted octanol–water partition coefficient (Wildman–Crippen LogP) is 4.53. The van der Waals surface area contributed by atoms with Crippen molar-refractivity contribution in [2.45, 2.75) is 96.7 Å². The lowest BCUT2D eigenvalue weighted by Gasteiger charge is -2.31. The van der Waals surface area contributed by atoms with Crippen molar-refractivity contribution < 1.29 is 19.0 Å². The van der Waals surface area contributed by atoms with E-state index in [0.717, 1.165) is 24.5 Å². The first-order chi connectivity index (χ1) is 20.7. The van der Waals surface area contributed by atoms with Gasteiger partial charge in [0.15, 0.2) is 29.0 Å². The third-order valence-electron chi connectivity index (χ3n) is 8.22. The monoisotopic (exact) mass is 608 g/mol. The molecule has 12 heteroatoms. The second-order valence-electron chi connectivity index (χ2n) is 13.7. The van der Waals surface area contributed by atoms with Gasteiger partial charge in [0, 0.05) is 45.5 Å². The van der Waals surface area contributed by atoms with Gasteiger partial charge in [-0.25, -0.2) is 19.7 Å². The first-order valence-electron chi connectivity index (χ1n) is 15.5. The Kier molecular flexibility index (Phi) is 9.18. The fourth-order valence-corrected chi connectivity index (χ4v) is 5.89. The number of aromatic nitrogens is 4. The molecule has 12 nitrogen and oxygen atoms in total. The fourth-order valence-electron chi connectivity index (χ4n) is 5.89. The van der Waals surface area contributed by atoms with Gasteiger partial charge in [0.2, 0.25) is 0 Å². The number of nitrogens with zero attached hydrogens (tertiary/aromatic N) is 6. The maximum absolute atomic E-state index is 12.5. The van der Waals surface area contributed by atoms with E-state index in [-0.39, 0.29) is 35.8 Å². The Balaban J connectivity index is 1.20. The summed E-state index contributed by atoms with van der Waals surface area (Å²) in [5.74, 6) is 0.0125. The summed E-state index contributed by atoms with van der Waals surface area (Å²) in [6.07, 6.45) is 2.85. The average molecular weight is 609 g/mol. The van der Waals surface area contributed by atoms with Crippen LogP contribution in [0.4, 0.5) is 16.3 Å². The van der Waals surface area contributed by atoms with Crippen LogP contribution in [0, 0.1) is 0 Å². The van der Waals surface area contributed by atoms with Crippen LogP contribution in [0.25, 0.3) is 11.2 Å². The average Bonchev–Trinajstić information content (AvgIpc) is 3.60. The number of carbonyl (C=O) groups is 1. The zero-order valence-corrected chi connectivity index (χ0v) is 27.5. The number of urea groups is 1. The zero-order valence-electron chi connectivity index (χ0n) is 27.5. The van der Waals surface area contributed by atoms with Gasteiger partial charge >= 0.3 is 6.03 Å². The molecule has 0 saturated carbocycles. The molecule has 0 aliphatic carbocycles. The number of fused-ring (bicyclic) bond motifs is 2. The molecule has 2 aliphatic rings. The lowest BCUT2D eigenvalue weighted by Crippen LogP contribution is -2.44. The second kappa shape index (κ2) is 12.6. The summed E-state index contributed by atoms with van der Waals surface area (Å²) in [5, 5.41) is 5.92. The van der Waals surface area contributed by atoms with E-state index >= 15 is 0 Å². The van der Waals surface area contributed by atoms with Crippen LogP contribution in [0.15, 0.2) is 36.9 Å². The number of nitrogens with one attached hydrogen (secondary N) is 2. The third kappa shape index (κ3) is 6.98. The number of amides is 2. The van der Waals surface area contributed by atoms with Gasteiger partial charge in [-0.1, -0.05) is 32.9 Å². The molecule has 4 atom stereocenters. The number of rotatable bonds is 10. The number of imidazole rings is 1. The summed E-state index contributed by atoms with van der Waals surface area (Å²) < 4.78 is 21.4. The Bertz CT molecular complexity index is 1430. The second-order valence-corrected chi connectivity index (χ2v) is 13.7. The highest BCUT2D eigenvalue weighted by molar-refractivity contribution is 5.89. The maximum Gasteiger partial charge on any atom is 0.319 e. The first-order valence-corrected chi connectivity index (χ1v) is 15.5. The van der Waals surface area contributed by atoms with Gasteiger partial charge in [0.1, 0.15) is 24.6 Å². The number of hydrogen-bond acceptors (Lipinski definition) is 9. The topological polar surface area (TPSA) is 119 Å². The van der Waals surface area contributed by atoms with E-state index in [0.29, 0.717) is 24.3 Å². The molecule has 1 aromatic carbocycles. The zero-order chi connectivity index (χ0) is 31.8. The molecule has 2 fully saturated rings. The SMILES string of the molecule is CC(C)N(CCCNC(=O)Nc1ccc(C(C)(C)C)cc1)C[C@H]1O[C@@H](n2cnc3c(N(C)C)ncnc32)[C@@H]2OC(C)(C)O[C@@H]21. The molecule has 5 rings (SSSR count). The van der Waals surface area contributed by atoms with Crippen molar-refractivity contribution in [1.29, 1.82) is 0 Å². The molecule has 44 heavy (non-hydrogen) atoms. The van der Waals surface area contributed by atoms with E-state index in [4.69, 9.17) is 14.2 Å². The third-order valence-corrected chi connectivity index (χ3v) is 8.22. The highest BCUT2D eigenvalue weighted by Crippen LogP contribution is 2.44. The highest BCUT2D eigenvalue weighted by atomic mass is 16.8. The molecule has 3 aromatic rings. The smallest absolute Gasteiger partial charge is 0.319 e. The Hall–Kier alpha value is -3.32. The fraction of sp³-hybridized carbons (Fsp3) is 0.625. The van der Waals surface area contributed by atoms with Crippen molar-refractivity contribution in [3.63, 3.8) is 0 Å². The molecule has 2 aromatic heterocycles. The van der Waals surface area contributed by atoms with Crippen LogP contribution >= 0.6 is 0 Å².